The fourth-order valence-electron chi connectivity index (χ4n) is 7.14. The summed E-state index contributed by atoms with van der Waals surface area (Å²) in [6.07, 6.45) is 1.74. The molecule has 0 aromatic heterocycles. The summed E-state index contributed by atoms with van der Waals surface area (Å²) >= 11 is 0. The Hall–Kier alpha value is -4.23. The highest BCUT2D eigenvalue weighted by atomic mass is 16.6. The van der Waals surface area contributed by atoms with Crippen LogP contribution in [0.4, 0.5) is 5.69 Å². The van der Waals surface area contributed by atoms with E-state index in [1.165, 1.54) is 5.39 Å². The van der Waals surface area contributed by atoms with E-state index in [-0.39, 0.29) is 16.9 Å². The normalized spacial score (nSPS) is 25.9. The summed E-state index contributed by atoms with van der Waals surface area (Å²) in [4.78, 5) is 28.2. The van der Waals surface area contributed by atoms with Crippen molar-refractivity contribution in [3.63, 3.8) is 0 Å². The van der Waals surface area contributed by atoms with Gasteiger partial charge in [0.1, 0.15) is 12.4 Å². The number of fused-ring (bicyclic) bond motifs is 5. The number of carbonyl (C=O) groups is 1. The Morgan fingerprint density at radius 2 is 1.74 bits per heavy atom. The van der Waals surface area contributed by atoms with Crippen molar-refractivity contribution >= 4 is 22.4 Å². The molecule has 3 heterocycles. The van der Waals surface area contributed by atoms with Gasteiger partial charge in [-0.05, 0) is 52.9 Å². The van der Waals surface area contributed by atoms with Crippen LogP contribution in [-0.4, -0.2) is 34.4 Å². The summed E-state index contributed by atoms with van der Waals surface area (Å²) in [5.74, 6) is 0.0145. The number of nitrogens with one attached hydrogen (secondary N) is 1. The van der Waals surface area contributed by atoms with E-state index in [9.17, 15) is 14.9 Å². The van der Waals surface area contributed by atoms with E-state index in [1.807, 2.05) is 66.7 Å². The van der Waals surface area contributed by atoms with E-state index in [1.54, 1.807) is 0 Å². The van der Waals surface area contributed by atoms with Crippen LogP contribution < -0.4 is 10.1 Å². The van der Waals surface area contributed by atoms with Gasteiger partial charge in [-0.25, -0.2) is 0 Å². The number of rotatable bonds is 5. The zero-order valence-electron chi connectivity index (χ0n) is 20.7. The highest BCUT2D eigenvalue weighted by Gasteiger charge is 2.73. The van der Waals surface area contributed by atoms with Crippen LogP contribution in [0.25, 0.3) is 10.8 Å². The van der Waals surface area contributed by atoms with Gasteiger partial charge in [-0.1, -0.05) is 72.8 Å². The lowest BCUT2D eigenvalue weighted by atomic mass is 9.77. The monoisotopic (exact) mass is 505 g/mol. The molecule has 0 saturated carbocycles. The zero-order chi connectivity index (χ0) is 25.9. The molecule has 7 rings (SSSR count). The SMILES string of the molecule is O=C1Nc2ccccc2[C@]12[C@H]([N+](=O)[O-])[C@@H](c1ccc(OCc3cccc4ccccc34)cc1)[C@@H]1CCCN12. The van der Waals surface area contributed by atoms with Crippen molar-refractivity contribution < 1.29 is 14.5 Å². The molecule has 2 saturated heterocycles. The topological polar surface area (TPSA) is 84.7 Å². The van der Waals surface area contributed by atoms with E-state index in [0.29, 0.717) is 24.6 Å². The third-order valence-corrected chi connectivity index (χ3v) is 8.63. The van der Waals surface area contributed by atoms with Crippen LogP contribution in [-0.2, 0) is 16.9 Å². The Balaban J connectivity index is 1.21. The molecule has 4 aromatic rings. The quantitative estimate of drug-likeness (QED) is 0.287. The summed E-state index contributed by atoms with van der Waals surface area (Å²) in [7, 11) is 0. The maximum Gasteiger partial charge on any atom is 0.256 e. The van der Waals surface area contributed by atoms with Crippen LogP contribution >= 0.6 is 0 Å². The highest BCUT2D eigenvalue weighted by Crippen LogP contribution is 2.58. The Kier molecular flexibility index (Phi) is 5.23. The van der Waals surface area contributed by atoms with Crippen LogP contribution in [0.2, 0.25) is 0 Å². The number of ether oxygens (including phenoxy) is 1. The minimum Gasteiger partial charge on any atom is -0.489 e. The first-order valence-electron chi connectivity index (χ1n) is 13.1. The van der Waals surface area contributed by atoms with Crippen LogP contribution in [0.3, 0.4) is 0 Å². The van der Waals surface area contributed by atoms with Gasteiger partial charge in [-0.3, -0.25) is 19.8 Å². The number of nitro groups is 1. The number of carbonyl (C=O) groups excluding carboxylic acids is 1. The van der Waals surface area contributed by atoms with Crippen LogP contribution in [0.15, 0.2) is 91.0 Å². The number of hydrogen-bond acceptors (Lipinski definition) is 5. The minimum atomic E-state index is -1.30. The van der Waals surface area contributed by atoms with Gasteiger partial charge in [0.05, 0.1) is 5.92 Å². The lowest BCUT2D eigenvalue weighted by Gasteiger charge is -2.32. The maximum absolute atomic E-state index is 13.6. The predicted octanol–water partition coefficient (Wildman–Crippen LogP) is 5.47. The predicted molar refractivity (Wildman–Crippen MR) is 145 cm³/mol. The van der Waals surface area contributed by atoms with Gasteiger partial charge in [-0.2, -0.15) is 0 Å². The molecule has 2 fully saturated rings. The summed E-state index contributed by atoms with van der Waals surface area (Å²) in [5.41, 5.74) is 2.07. The van der Waals surface area contributed by atoms with Crippen molar-refractivity contribution in [1.82, 2.24) is 4.90 Å². The number of benzene rings is 4. The minimum absolute atomic E-state index is 0.0789. The first kappa shape index (κ1) is 22.9. The number of nitrogens with zero attached hydrogens (tertiary/aromatic N) is 2. The van der Waals surface area contributed by atoms with Crippen molar-refractivity contribution in [2.45, 2.75) is 43.0 Å². The maximum atomic E-state index is 13.6. The van der Waals surface area contributed by atoms with E-state index in [4.69, 9.17) is 4.74 Å². The summed E-state index contributed by atoms with van der Waals surface area (Å²) < 4.78 is 6.13. The molecule has 190 valence electrons. The van der Waals surface area contributed by atoms with Gasteiger partial charge in [0.2, 0.25) is 0 Å². The molecule has 3 aliphatic rings. The Labute approximate surface area is 220 Å². The Bertz CT molecular complexity index is 1560. The van der Waals surface area contributed by atoms with Crippen LogP contribution in [0, 0.1) is 10.1 Å². The molecule has 7 heteroatoms. The van der Waals surface area contributed by atoms with Gasteiger partial charge >= 0.3 is 0 Å². The van der Waals surface area contributed by atoms with Crippen molar-refractivity contribution in [1.29, 1.82) is 0 Å². The molecule has 38 heavy (non-hydrogen) atoms. The number of amides is 1. The molecule has 0 radical (unpaired) electrons. The largest absolute Gasteiger partial charge is 0.489 e. The Morgan fingerprint density at radius 3 is 2.58 bits per heavy atom. The lowest BCUT2D eigenvalue weighted by Crippen LogP contribution is -2.55. The fraction of sp³-hybridized carbons (Fsp3) is 0.258. The molecular weight excluding hydrogens is 478 g/mol. The van der Waals surface area contributed by atoms with Gasteiger partial charge < -0.3 is 10.1 Å². The standard InChI is InChI=1S/C31H27N3O4/c35-30-31(25-11-3-4-12-26(25)32-30)29(34(36)37)28(27-13-6-18-33(27)31)21-14-16-23(17-15-21)38-19-22-9-5-8-20-7-1-2-10-24(20)22/h1-5,7-12,14-17,27-29H,6,13,18-19H2,(H,32,35)/t27-,28-,29+,31-/m0/s1. The molecule has 4 atom stereocenters. The van der Waals surface area contributed by atoms with E-state index < -0.39 is 17.5 Å². The zero-order valence-corrected chi connectivity index (χ0v) is 20.7. The molecule has 0 aliphatic carbocycles. The highest BCUT2D eigenvalue weighted by molar-refractivity contribution is 6.07. The summed E-state index contributed by atoms with van der Waals surface area (Å²) in [5, 5.41) is 18.0. The fourth-order valence-corrected chi connectivity index (χ4v) is 7.14. The molecule has 1 N–H and O–H groups in total. The molecule has 0 unspecified atom stereocenters. The first-order chi connectivity index (χ1) is 18.6. The molecule has 1 amide bonds. The number of hydrogen-bond donors (Lipinski definition) is 1. The van der Waals surface area contributed by atoms with Gasteiger partial charge in [0.15, 0.2) is 5.54 Å². The lowest BCUT2D eigenvalue weighted by molar-refractivity contribution is -0.534. The summed E-state index contributed by atoms with van der Waals surface area (Å²) in [6, 6.07) is 28.3. The number of anilines is 1. The molecule has 3 aliphatic heterocycles. The smallest absolute Gasteiger partial charge is 0.256 e. The first-order valence-corrected chi connectivity index (χ1v) is 13.1. The molecule has 7 nitrogen and oxygen atoms in total. The molecule has 1 spiro atoms. The van der Waals surface area contributed by atoms with Crippen molar-refractivity contribution in [2.75, 3.05) is 11.9 Å². The summed E-state index contributed by atoms with van der Waals surface area (Å²) in [6.45, 7) is 1.09. The third kappa shape index (κ3) is 3.21. The molecule has 0 bridgehead atoms. The van der Waals surface area contributed by atoms with Crippen molar-refractivity contribution in [2.24, 2.45) is 0 Å². The second kappa shape index (κ2) is 8.67. The average molecular weight is 506 g/mol. The molecular formula is C31H27N3O4. The van der Waals surface area contributed by atoms with E-state index in [2.05, 4.69) is 34.5 Å². The number of para-hydroxylation sites is 1. The Morgan fingerprint density at radius 1 is 0.974 bits per heavy atom. The van der Waals surface area contributed by atoms with Gasteiger partial charge in [0, 0.05) is 28.8 Å². The second-order valence-electron chi connectivity index (χ2n) is 10.4. The van der Waals surface area contributed by atoms with Crippen molar-refractivity contribution in [3.05, 3.63) is 118 Å². The van der Waals surface area contributed by atoms with E-state index >= 15 is 0 Å². The van der Waals surface area contributed by atoms with Gasteiger partial charge in [0.25, 0.3) is 11.9 Å². The average Bonchev–Trinajstić information content (AvgIpc) is 3.61. The van der Waals surface area contributed by atoms with E-state index in [0.717, 1.165) is 34.9 Å². The van der Waals surface area contributed by atoms with Crippen LogP contribution in [0.5, 0.6) is 5.75 Å². The second-order valence-corrected chi connectivity index (χ2v) is 10.4. The van der Waals surface area contributed by atoms with Gasteiger partial charge in [-0.15, -0.1) is 0 Å². The molecule has 4 aromatic carbocycles. The van der Waals surface area contributed by atoms with Crippen LogP contribution in [0.1, 0.15) is 35.4 Å². The van der Waals surface area contributed by atoms with Crippen molar-refractivity contribution in [3.8, 4) is 5.75 Å². The third-order valence-electron chi connectivity index (χ3n) is 8.63.